The minimum Gasteiger partial charge on any atom is -0.367 e. The van der Waals surface area contributed by atoms with E-state index in [1.54, 1.807) is 12.1 Å². The lowest BCUT2D eigenvalue weighted by molar-refractivity contribution is -0.121. The van der Waals surface area contributed by atoms with Gasteiger partial charge in [-0.1, -0.05) is 12.1 Å². The van der Waals surface area contributed by atoms with Crippen LogP contribution in [0.2, 0.25) is 0 Å². The van der Waals surface area contributed by atoms with Crippen molar-refractivity contribution < 1.29 is 9.18 Å². The summed E-state index contributed by atoms with van der Waals surface area (Å²) in [6, 6.07) is 6.76. The van der Waals surface area contributed by atoms with Crippen molar-refractivity contribution in [3.8, 4) is 0 Å². The SMILES string of the molecule is O=C1CCCN(c2ccccc2F)CCN1. The first-order chi connectivity index (χ1) is 7.77. The van der Waals surface area contributed by atoms with E-state index < -0.39 is 0 Å². The number of carbonyl (C=O) groups is 1. The van der Waals surface area contributed by atoms with Crippen molar-refractivity contribution in [2.75, 3.05) is 24.5 Å². The number of para-hydroxylation sites is 1. The fourth-order valence-electron chi connectivity index (χ4n) is 1.91. The molecule has 3 nitrogen and oxygen atoms in total. The Morgan fingerprint density at radius 1 is 1.25 bits per heavy atom. The van der Waals surface area contributed by atoms with E-state index in [0.29, 0.717) is 25.2 Å². The predicted molar refractivity (Wildman–Crippen MR) is 60.9 cm³/mol. The molecule has 1 aromatic carbocycles. The Morgan fingerprint density at radius 2 is 2.06 bits per heavy atom. The predicted octanol–water partition coefficient (Wildman–Crippen LogP) is 1.54. The molecule has 2 rings (SSSR count). The van der Waals surface area contributed by atoms with Gasteiger partial charge in [0.2, 0.25) is 5.91 Å². The van der Waals surface area contributed by atoms with Crippen LogP contribution in [-0.2, 0) is 4.79 Å². The number of hydrogen-bond donors (Lipinski definition) is 1. The van der Waals surface area contributed by atoms with Crippen molar-refractivity contribution in [2.24, 2.45) is 0 Å². The number of rotatable bonds is 1. The minimum absolute atomic E-state index is 0.0909. The molecule has 0 unspecified atom stereocenters. The van der Waals surface area contributed by atoms with Gasteiger partial charge >= 0.3 is 0 Å². The minimum atomic E-state index is -0.200. The average molecular weight is 222 g/mol. The van der Waals surface area contributed by atoms with Gasteiger partial charge < -0.3 is 10.2 Å². The number of amides is 1. The van der Waals surface area contributed by atoms with E-state index in [0.717, 1.165) is 13.0 Å². The number of nitrogens with zero attached hydrogens (tertiary/aromatic N) is 1. The van der Waals surface area contributed by atoms with E-state index in [-0.39, 0.29) is 11.7 Å². The molecule has 1 aliphatic heterocycles. The highest BCUT2D eigenvalue weighted by Crippen LogP contribution is 2.19. The lowest BCUT2D eigenvalue weighted by atomic mass is 10.2. The summed E-state index contributed by atoms with van der Waals surface area (Å²) in [6.07, 6.45) is 1.28. The largest absolute Gasteiger partial charge is 0.367 e. The molecule has 0 saturated carbocycles. The fourth-order valence-corrected chi connectivity index (χ4v) is 1.91. The van der Waals surface area contributed by atoms with E-state index in [9.17, 15) is 9.18 Å². The number of halogens is 1. The Hall–Kier alpha value is -1.58. The van der Waals surface area contributed by atoms with Gasteiger partial charge in [0.25, 0.3) is 0 Å². The summed E-state index contributed by atoms with van der Waals surface area (Å²) in [5.74, 6) is -0.109. The van der Waals surface area contributed by atoms with Crippen LogP contribution in [0.4, 0.5) is 10.1 Å². The summed E-state index contributed by atoms with van der Waals surface area (Å²) >= 11 is 0. The molecule has 1 heterocycles. The highest BCUT2D eigenvalue weighted by molar-refractivity contribution is 5.76. The molecule has 1 aliphatic rings. The van der Waals surface area contributed by atoms with Crippen molar-refractivity contribution >= 4 is 11.6 Å². The molecule has 0 radical (unpaired) electrons. The number of hydrogen-bond acceptors (Lipinski definition) is 2. The molecule has 0 atom stereocenters. The molecule has 1 amide bonds. The Bertz CT molecular complexity index is 369. The topological polar surface area (TPSA) is 32.3 Å². The smallest absolute Gasteiger partial charge is 0.220 e. The van der Waals surface area contributed by atoms with Crippen LogP contribution in [0, 0.1) is 5.82 Å². The van der Waals surface area contributed by atoms with Crippen LogP contribution in [0.25, 0.3) is 0 Å². The summed E-state index contributed by atoms with van der Waals surface area (Å²) in [6.45, 7) is 1.97. The highest BCUT2D eigenvalue weighted by Gasteiger charge is 2.14. The number of anilines is 1. The molecule has 1 saturated heterocycles. The third-order valence-electron chi connectivity index (χ3n) is 2.73. The van der Waals surface area contributed by atoms with Gasteiger partial charge in [0, 0.05) is 26.1 Å². The maximum absolute atomic E-state index is 13.6. The van der Waals surface area contributed by atoms with Gasteiger partial charge in [-0.3, -0.25) is 4.79 Å². The maximum atomic E-state index is 13.6. The molecule has 0 aromatic heterocycles. The zero-order valence-electron chi connectivity index (χ0n) is 9.08. The second-order valence-corrected chi connectivity index (χ2v) is 3.89. The molecule has 0 spiro atoms. The van der Waals surface area contributed by atoms with Crippen molar-refractivity contribution in [2.45, 2.75) is 12.8 Å². The lowest BCUT2D eigenvalue weighted by Crippen LogP contribution is -2.39. The molecule has 16 heavy (non-hydrogen) atoms. The summed E-state index contributed by atoms with van der Waals surface area (Å²) in [5, 5.41) is 2.80. The second kappa shape index (κ2) is 4.96. The van der Waals surface area contributed by atoms with Gasteiger partial charge in [-0.15, -0.1) is 0 Å². The molecule has 0 bridgehead atoms. The zero-order chi connectivity index (χ0) is 11.4. The van der Waals surface area contributed by atoms with Gasteiger partial charge in [0.05, 0.1) is 5.69 Å². The average Bonchev–Trinajstić information content (AvgIpc) is 2.24. The van der Waals surface area contributed by atoms with Crippen LogP contribution in [0.15, 0.2) is 24.3 Å². The van der Waals surface area contributed by atoms with Crippen LogP contribution >= 0.6 is 0 Å². The van der Waals surface area contributed by atoms with E-state index in [4.69, 9.17) is 0 Å². The van der Waals surface area contributed by atoms with Crippen molar-refractivity contribution in [3.63, 3.8) is 0 Å². The summed E-state index contributed by atoms with van der Waals surface area (Å²) in [4.78, 5) is 13.1. The number of carbonyl (C=O) groups excluding carboxylic acids is 1. The van der Waals surface area contributed by atoms with Gasteiger partial charge in [-0.2, -0.15) is 0 Å². The molecular weight excluding hydrogens is 207 g/mol. The first-order valence-corrected chi connectivity index (χ1v) is 5.53. The molecule has 1 aromatic rings. The monoisotopic (exact) mass is 222 g/mol. The van der Waals surface area contributed by atoms with Gasteiger partial charge in [0.15, 0.2) is 0 Å². The molecule has 4 heteroatoms. The van der Waals surface area contributed by atoms with Crippen molar-refractivity contribution in [1.82, 2.24) is 5.32 Å². The third-order valence-corrected chi connectivity index (χ3v) is 2.73. The first-order valence-electron chi connectivity index (χ1n) is 5.53. The van der Waals surface area contributed by atoms with Crippen molar-refractivity contribution in [3.05, 3.63) is 30.1 Å². The Kier molecular flexibility index (Phi) is 3.39. The Morgan fingerprint density at radius 3 is 2.88 bits per heavy atom. The third kappa shape index (κ3) is 2.51. The molecule has 0 aliphatic carbocycles. The maximum Gasteiger partial charge on any atom is 0.220 e. The van der Waals surface area contributed by atoms with Gasteiger partial charge in [-0.05, 0) is 18.6 Å². The molecule has 1 N–H and O–H groups in total. The van der Waals surface area contributed by atoms with Gasteiger partial charge in [0.1, 0.15) is 5.82 Å². The highest BCUT2D eigenvalue weighted by atomic mass is 19.1. The summed E-state index contributed by atoms with van der Waals surface area (Å²) in [7, 11) is 0. The summed E-state index contributed by atoms with van der Waals surface area (Å²) in [5.41, 5.74) is 0.624. The Balaban J connectivity index is 2.09. The molecular formula is C12H15FN2O. The zero-order valence-corrected chi connectivity index (χ0v) is 9.08. The fraction of sp³-hybridized carbons (Fsp3) is 0.417. The van der Waals surface area contributed by atoms with Crippen LogP contribution < -0.4 is 10.2 Å². The lowest BCUT2D eigenvalue weighted by Gasteiger charge is -2.27. The second-order valence-electron chi connectivity index (χ2n) is 3.89. The van der Waals surface area contributed by atoms with Crippen LogP contribution in [0.5, 0.6) is 0 Å². The van der Waals surface area contributed by atoms with Crippen molar-refractivity contribution in [1.29, 1.82) is 0 Å². The first kappa shape index (κ1) is 10.9. The standard InChI is InChI=1S/C12H15FN2O/c13-10-4-1-2-5-11(10)15-8-3-6-12(16)14-7-9-15/h1-2,4-5H,3,6-9H2,(H,14,16). The van der Waals surface area contributed by atoms with E-state index in [2.05, 4.69) is 5.32 Å². The normalized spacial score (nSPS) is 17.6. The number of benzene rings is 1. The van der Waals surface area contributed by atoms with E-state index >= 15 is 0 Å². The van der Waals surface area contributed by atoms with Gasteiger partial charge in [-0.25, -0.2) is 4.39 Å². The van der Waals surface area contributed by atoms with Crippen LogP contribution in [0.3, 0.4) is 0 Å². The Labute approximate surface area is 94.3 Å². The van der Waals surface area contributed by atoms with E-state index in [1.807, 2.05) is 11.0 Å². The van der Waals surface area contributed by atoms with Crippen LogP contribution in [-0.4, -0.2) is 25.5 Å². The number of nitrogens with one attached hydrogen (secondary N) is 1. The molecule has 86 valence electrons. The van der Waals surface area contributed by atoms with Crippen LogP contribution in [0.1, 0.15) is 12.8 Å². The molecule has 1 fully saturated rings. The summed E-state index contributed by atoms with van der Waals surface area (Å²) < 4.78 is 13.6. The van der Waals surface area contributed by atoms with E-state index in [1.165, 1.54) is 6.07 Å². The quantitative estimate of drug-likeness (QED) is 0.781.